The summed E-state index contributed by atoms with van der Waals surface area (Å²) >= 11 is 6.21. The highest BCUT2D eigenvalue weighted by atomic mass is 35.5. The molecule has 1 heterocycles. The summed E-state index contributed by atoms with van der Waals surface area (Å²) in [5, 5.41) is 15.8. The number of hydrogen-bond acceptors (Lipinski definition) is 8. The number of esters is 1. The fraction of sp³-hybridized carbons (Fsp3) is 0.429. The molecule has 0 bridgehead atoms. The Kier molecular flexibility index (Phi) is 16.1. The molecule has 1 unspecified atom stereocenters. The number of amides is 1. The van der Waals surface area contributed by atoms with Gasteiger partial charge in [-0.05, 0) is 82.3 Å². The minimum atomic E-state index is -1.10. The third-order valence-corrected chi connectivity index (χ3v) is 7.23. The number of nitrogens with one attached hydrogen (secondary N) is 2. The normalized spacial score (nSPS) is 12.4. The predicted octanol–water partition coefficient (Wildman–Crippen LogP) is 4.13. The standard InChI is InChI=1S/C33H41ClN4O7.C2H6/c1-6-7-9-27(34)26(20-39)30(40)36-28(32(42)45-21(2)3)18-22-10-12-23(13-11-22)38-31(41)25-19-24(44-17-8-16-35-4)14-15-29(25)37(5)33(38)43;1-2/h7,9-15,19,21,28,35,39H,6,8,16-18,20H2,1-5H3,(H,36,40);1-2H3/b9-7-,27-26-;. The van der Waals surface area contributed by atoms with Crippen LogP contribution >= 0.6 is 11.6 Å². The second-order valence-electron chi connectivity index (χ2n) is 10.6. The largest absolute Gasteiger partial charge is 0.494 e. The van der Waals surface area contributed by atoms with Crippen LogP contribution in [0.2, 0.25) is 0 Å². The smallest absolute Gasteiger partial charge is 0.335 e. The molecular weight excluding hydrogens is 624 g/mol. The zero-order chi connectivity index (χ0) is 35.1. The Labute approximate surface area is 280 Å². The second-order valence-corrected chi connectivity index (χ2v) is 11.1. The third-order valence-electron chi connectivity index (χ3n) is 6.88. The highest BCUT2D eigenvalue weighted by Crippen LogP contribution is 2.19. The molecule has 3 rings (SSSR count). The SMILES string of the molecule is CC.CC/C=C\C(Cl)=C(/CO)C(=O)NC(Cc1ccc(-n2c(=O)c3cc(OCCCNC)ccc3n(C)c2=O)cc1)C(=O)OC(C)C. The lowest BCUT2D eigenvalue weighted by Crippen LogP contribution is -2.45. The average molecular weight is 671 g/mol. The van der Waals surface area contributed by atoms with Gasteiger partial charge in [-0.2, -0.15) is 0 Å². The van der Waals surface area contributed by atoms with E-state index in [0.717, 1.165) is 17.5 Å². The molecule has 1 aromatic heterocycles. The van der Waals surface area contributed by atoms with E-state index in [0.29, 0.717) is 40.9 Å². The Morgan fingerprint density at radius 1 is 1.09 bits per heavy atom. The molecule has 11 nitrogen and oxygen atoms in total. The molecule has 0 saturated heterocycles. The quantitative estimate of drug-likeness (QED) is 0.0949. The van der Waals surface area contributed by atoms with Crippen molar-refractivity contribution >= 4 is 34.4 Å². The van der Waals surface area contributed by atoms with E-state index < -0.39 is 41.9 Å². The minimum absolute atomic E-state index is 0.0393. The molecule has 0 fully saturated rings. The zero-order valence-electron chi connectivity index (χ0n) is 28.3. The number of aliphatic hydroxyl groups excluding tert-OH is 1. The van der Waals surface area contributed by atoms with Crippen LogP contribution < -0.4 is 26.6 Å². The van der Waals surface area contributed by atoms with E-state index in [1.54, 1.807) is 69.4 Å². The Balaban J connectivity index is 0.00000376. The number of nitrogens with zero attached hydrogens (tertiary/aromatic N) is 2. The Hall–Kier alpha value is -4.19. The molecule has 1 amide bonds. The van der Waals surface area contributed by atoms with Crippen LogP contribution in [0.5, 0.6) is 5.75 Å². The number of halogens is 1. The summed E-state index contributed by atoms with van der Waals surface area (Å²) in [7, 11) is 3.45. The van der Waals surface area contributed by atoms with Gasteiger partial charge in [-0.1, -0.05) is 50.6 Å². The van der Waals surface area contributed by atoms with E-state index in [9.17, 15) is 24.3 Å². The van der Waals surface area contributed by atoms with Crippen molar-refractivity contribution in [1.29, 1.82) is 0 Å². The molecule has 0 radical (unpaired) electrons. The number of benzene rings is 2. The van der Waals surface area contributed by atoms with Crippen molar-refractivity contribution in [2.24, 2.45) is 7.05 Å². The molecule has 1 atom stereocenters. The lowest BCUT2D eigenvalue weighted by atomic mass is 10.0. The summed E-state index contributed by atoms with van der Waals surface area (Å²) in [5.41, 5.74) is 0.327. The van der Waals surface area contributed by atoms with E-state index in [4.69, 9.17) is 21.1 Å². The Bertz CT molecular complexity index is 1670. The van der Waals surface area contributed by atoms with E-state index in [1.165, 1.54) is 10.6 Å². The summed E-state index contributed by atoms with van der Waals surface area (Å²) in [5.74, 6) is -0.842. The maximum Gasteiger partial charge on any atom is 0.335 e. The van der Waals surface area contributed by atoms with Crippen LogP contribution in [-0.4, -0.2) is 65.1 Å². The fourth-order valence-corrected chi connectivity index (χ4v) is 4.78. The van der Waals surface area contributed by atoms with Crippen LogP contribution in [0, 0.1) is 0 Å². The number of allylic oxidation sites excluding steroid dienone is 3. The van der Waals surface area contributed by atoms with Gasteiger partial charge in [-0.15, -0.1) is 0 Å². The second kappa shape index (κ2) is 19.5. The number of carbonyl (C=O) groups is 2. The van der Waals surface area contributed by atoms with E-state index >= 15 is 0 Å². The van der Waals surface area contributed by atoms with Crippen molar-refractivity contribution in [1.82, 2.24) is 19.8 Å². The van der Waals surface area contributed by atoms with Crippen LogP contribution in [-0.2, 0) is 27.8 Å². The number of ether oxygens (including phenoxy) is 2. The van der Waals surface area contributed by atoms with Gasteiger partial charge in [-0.3, -0.25) is 14.2 Å². The Morgan fingerprint density at radius 3 is 2.36 bits per heavy atom. The van der Waals surface area contributed by atoms with E-state index in [2.05, 4.69) is 10.6 Å². The number of aryl methyl sites for hydroxylation is 1. The average Bonchev–Trinajstić information content (AvgIpc) is 3.06. The van der Waals surface area contributed by atoms with Crippen molar-refractivity contribution in [3.05, 3.63) is 91.6 Å². The van der Waals surface area contributed by atoms with Crippen LogP contribution in [0.25, 0.3) is 16.6 Å². The number of carbonyl (C=O) groups excluding carboxylic acids is 2. The molecule has 3 N–H and O–H groups in total. The molecule has 0 aliphatic heterocycles. The zero-order valence-corrected chi connectivity index (χ0v) is 29.0. The summed E-state index contributed by atoms with van der Waals surface area (Å²) < 4.78 is 13.6. The maximum absolute atomic E-state index is 13.6. The van der Waals surface area contributed by atoms with Crippen molar-refractivity contribution in [2.75, 3.05) is 26.8 Å². The van der Waals surface area contributed by atoms with Gasteiger partial charge in [0.25, 0.3) is 11.5 Å². The van der Waals surface area contributed by atoms with Gasteiger partial charge in [0.2, 0.25) is 0 Å². The van der Waals surface area contributed by atoms with Crippen LogP contribution in [0.3, 0.4) is 0 Å². The van der Waals surface area contributed by atoms with Gasteiger partial charge < -0.3 is 25.2 Å². The molecule has 0 aliphatic carbocycles. The first-order valence-corrected chi connectivity index (χ1v) is 16.2. The van der Waals surface area contributed by atoms with Crippen molar-refractivity contribution in [3.63, 3.8) is 0 Å². The lowest BCUT2D eigenvalue weighted by molar-refractivity contribution is -0.151. The van der Waals surface area contributed by atoms with Crippen molar-refractivity contribution < 1.29 is 24.2 Å². The molecule has 12 heteroatoms. The third kappa shape index (κ3) is 10.7. The molecule has 0 spiro atoms. The number of aromatic nitrogens is 2. The number of fused-ring (bicyclic) bond motifs is 1. The van der Waals surface area contributed by atoms with Crippen LogP contribution in [0.1, 0.15) is 53.0 Å². The topological polar surface area (TPSA) is 141 Å². The predicted molar refractivity (Wildman–Crippen MR) is 186 cm³/mol. The highest BCUT2D eigenvalue weighted by molar-refractivity contribution is 6.33. The monoisotopic (exact) mass is 670 g/mol. The first kappa shape index (κ1) is 39.0. The maximum atomic E-state index is 13.6. The van der Waals surface area contributed by atoms with Gasteiger partial charge in [0.1, 0.15) is 11.8 Å². The summed E-state index contributed by atoms with van der Waals surface area (Å²) in [6.45, 7) is 9.92. The summed E-state index contributed by atoms with van der Waals surface area (Å²) in [4.78, 5) is 52.8. The summed E-state index contributed by atoms with van der Waals surface area (Å²) in [6.07, 6.45) is 4.34. The molecule has 2 aromatic carbocycles. The summed E-state index contributed by atoms with van der Waals surface area (Å²) in [6, 6.07) is 10.5. The molecule has 0 aliphatic rings. The van der Waals surface area contributed by atoms with Gasteiger partial charge in [0.05, 0.1) is 46.5 Å². The van der Waals surface area contributed by atoms with Gasteiger partial charge in [0, 0.05) is 13.5 Å². The first-order chi connectivity index (χ1) is 22.5. The van der Waals surface area contributed by atoms with Gasteiger partial charge in [0.15, 0.2) is 0 Å². The highest BCUT2D eigenvalue weighted by Gasteiger charge is 2.26. The Morgan fingerprint density at radius 2 is 1.77 bits per heavy atom. The fourth-order valence-electron chi connectivity index (χ4n) is 4.54. The van der Waals surface area contributed by atoms with E-state index in [-0.39, 0.29) is 17.0 Å². The number of rotatable bonds is 15. The molecule has 3 aromatic rings. The molecular formula is C35H47ClN4O7. The minimum Gasteiger partial charge on any atom is -0.494 e. The van der Waals surface area contributed by atoms with Crippen LogP contribution in [0.15, 0.2) is 74.8 Å². The van der Waals surface area contributed by atoms with E-state index in [1.807, 2.05) is 27.8 Å². The molecule has 0 saturated carbocycles. The molecule has 47 heavy (non-hydrogen) atoms. The lowest BCUT2D eigenvalue weighted by Gasteiger charge is -2.20. The van der Waals surface area contributed by atoms with Crippen molar-refractivity contribution in [3.8, 4) is 11.4 Å². The number of aliphatic hydroxyl groups is 1. The van der Waals surface area contributed by atoms with Gasteiger partial charge in [-0.25, -0.2) is 14.2 Å². The van der Waals surface area contributed by atoms with Gasteiger partial charge >= 0.3 is 11.7 Å². The number of hydrogen-bond donors (Lipinski definition) is 3. The van der Waals surface area contributed by atoms with Crippen LogP contribution in [0.4, 0.5) is 0 Å². The van der Waals surface area contributed by atoms with Crippen molar-refractivity contribution in [2.45, 2.75) is 66.0 Å². The first-order valence-electron chi connectivity index (χ1n) is 15.8. The molecule has 256 valence electrons.